The molecule has 1 N–H and O–H groups in total. The van der Waals surface area contributed by atoms with E-state index >= 15 is 0 Å². The van der Waals surface area contributed by atoms with Gasteiger partial charge in [-0.15, -0.1) is 0 Å². The Morgan fingerprint density at radius 1 is 1.00 bits per heavy atom. The molecule has 0 atom stereocenters. The maximum atomic E-state index is 10.2. The van der Waals surface area contributed by atoms with E-state index in [1.54, 1.807) is 0 Å². The maximum Gasteiger partial charge on any atom is 0.303 e. The van der Waals surface area contributed by atoms with Crippen molar-refractivity contribution in [2.24, 2.45) is 0 Å². The first-order valence-corrected chi connectivity index (χ1v) is 8.75. The van der Waals surface area contributed by atoms with E-state index in [-0.39, 0.29) is 17.0 Å². The Hall–Kier alpha value is 0.380. The molecule has 0 aliphatic rings. The molecule has 0 saturated heterocycles. The van der Waals surface area contributed by atoms with Gasteiger partial charge in [-0.05, 0) is 19.3 Å². The molecule has 4 heteroatoms. The van der Waals surface area contributed by atoms with Crippen LogP contribution in [-0.4, -0.2) is 37.2 Å². The Kier molecular flexibility index (Phi) is 11.4. The van der Waals surface area contributed by atoms with Crippen molar-refractivity contribution in [1.29, 1.82) is 0 Å². The predicted molar refractivity (Wildman–Crippen MR) is 64.9 cm³/mol. The van der Waals surface area contributed by atoms with Gasteiger partial charge in [-0.25, -0.2) is 0 Å². The van der Waals surface area contributed by atoms with Gasteiger partial charge < -0.3 is 22.1 Å². The Bertz CT molecular complexity index is 166. The molecule has 0 spiro atoms. The highest BCUT2D eigenvalue weighted by Gasteiger charge is 2.15. The molecular formula is C11H24BrO2P. The number of aliphatic carboxylic acids is 1. The molecule has 0 heterocycles. The van der Waals surface area contributed by atoms with Crippen molar-refractivity contribution < 1.29 is 26.9 Å². The second-order valence-electron chi connectivity index (χ2n) is 4.93. The van der Waals surface area contributed by atoms with Crippen LogP contribution in [0.1, 0.15) is 38.5 Å². The molecule has 15 heavy (non-hydrogen) atoms. The Labute approximate surface area is 105 Å². The number of carboxylic acid groups (broad SMARTS) is 1. The zero-order valence-electron chi connectivity index (χ0n) is 10.1. The second kappa shape index (κ2) is 9.59. The molecule has 0 bridgehead atoms. The molecule has 0 fully saturated rings. The van der Waals surface area contributed by atoms with Gasteiger partial charge in [0.1, 0.15) is 0 Å². The number of carbonyl (C=O) groups is 1. The van der Waals surface area contributed by atoms with E-state index in [1.165, 1.54) is 25.4 Å². The lowest BCUT2D eigenvalue weighted by Crippen LogP contribution is -3.00. The fourth-order valence-corrected chi connectivity index (χ4v) is 2.56. The van der Waals surface area contributed by atoms with Crippen LogP contribution in [0.25, 0.3) is 0 Å². The highest BCUT2D eigenvalue weighted by atomic mass is 79.9. The van der Waals surface area contributed by atoms with Gasteiger partial charge in [0, 0.05) is 33.7 Å². The standard InChI is InChI=1S/C11H23O2P.BrH/c1-14(2,3)10-8-6-4-5-7-9-11(12)13;/h4-10H2,1-3H3;1H. The molecule has 0 aromatic heterocycles. The Morgan fingerprint density at radius 3 is 1.93 bits per heavy atom. The van der Waals surface area contributed by atoms with Gasteiger partial charge in [-0.3, -0.25) is 4.79 Å². The first-order chi connectivity index (χ1) is 6.42. The zero-order valence-corrected chi connectivity index (χ0v) is 12.6. The minimum absolute atomic E-state index is 0. The number of rotatable bonds is 8. The third-order valence-electron chi connectivity index (χ3n) is 2.22. The van der Waals surface area contributed by atoms with E-state index < -0.39 is 13.2 Å². The third-order valence-corrected chi connectivity index (χ3v) is 3.88. The SMILES string of the molecule is C[P+](C)(C)CCCCCCCC(=O)O.[Br-]. The maximum absolute atomic E-state index is 10.2. The predicted octanol–water partition coefficient (Wildman–Crippen LogP) is 0.323. The highest BCUT2D eigenvalue weighted by Crippen LogP contribution is 2.47. The number of hydrogen-bond acceptors (Lipinski definition) is 1. The van der Waals surface area contributed by atoms with Crippen LogP contribution in [0.5, 0.6) is 0 Å². The van der Waals surface area contributed by atoms with Crippen LogP contribution in [0.2, 0.25) is 0 Å². The summed E-state index contributed by atoms with van der Waals surface area (Å²) in [4.78, 5) is 10.2. The average Bonchev–Trinajstić information content (AvgIpc) is 2.00. The largest absolute Gasteiger partial charge is 1.00 e. The summed E-state index contributed by atoms with van der Waals surface area (Å²) in [6.45, 7) is 7.12. The van der Waals surface area contributed by atoms with Crippen molar-refractivity contribution in [3.05, 3.63) is 0 Å². The Balaban J connectivity index is 0. The van der Waals surface area contributed by atoms with Crippen molar-refractivity contribution in [1.82, 2.24) is 0 Å². The van der Waals surface area contributed by atoms with E-state index in [9.17, 15) is 4.79 Å². The van der Waals surface area contributed by atoms with Crippen molar-refractivity contribution in [2.45, 2.75) is 38.5 Å². The summed E-state index contributed by atoms with van der Waals surface area (Å²) in [5.41, 5.74) is 0. The number of halogens is 1. The van der Waals surface area contributed by atoms with Crippen molar-refractivity contribution in [3.8, 4) is 0 Å². The van der Waals surface area contributed by atoms with Crippen LogP contribution < -0.4 is 17.0 Å². The Morgan fingerprint density at radius 2 is 1.47 bits per heavy atom. The summed E-state index contributed by atoms with van der Waals surface area (Å²) in [6, 6.07) is 0. The van der Waals surface area contributed by atoms with E-state index in [4.69, 9.17) is 5.11 Å². The second-order valence-corrected chi connectivity index (χ2v) is 9.95. The van der Waals surface area contributed by atoms with Crippen LogP contribution in [0.3, 0.4) is 0 Å². The summed E-state index contributed by atoms with van der Waals surface area (Å²) in [6.07, 6.45) is 7.45. The molecule has 92 valence electrons. The van der Waals surface area contributed by atoms with Gasteiger partial charge in [0.05, 0.1) is 6.16 Å². The summed E-state index contributed by atoms with van der Waals surface area (Å²) < 4.78 is 0. The fourth-order valence-electron chi connectivity index (χ4n) is 1.39. The van der Waals surface area contributed by atoms with Gasteiger partial charge in [0.15, 0.2) is 0 Å². The quantitative estimate of drug-likeness (QED) is 0.518. The van der Waals surface area contributed by atoms with E-state index in [0.717, 1.165) is 12.8 Å². The topological polar surface area (TPSA) is 37.3 Å². The monoisotopic (exact) mass is 298 g/mol. The fraction of sp³-hybridized carbons (Fsp3) is 0.909. The smallest absolute Gasteiger partial charge is 0.303 e. The molecule has 0 aromatic rings. The van der Waals surface area contributed by atoms with Gasteiger partial charge in [-0.1, -0.05) is 12.8 Å². The number of carboxylic acids is 1. The van der Waals surface area contributed by atoms with Crippen LogP contribution in [0.4, 0.5) is 0 Å². The molecule has 0 radical (unpaired) electrons. The van der Waals surface area contributed by atoms with Crippen molar-refractivity contribution in [3.63, 3.8) is 0 Å². The summed E-state index contributed by atoms with van der Waals surface area (Å²) in [7, 11) is -0.581. The third kappa shape index (κ3) is 17.0. The average molecular weight is 299 g/mol. The van der Waals surface area contributed by atoms with Crippen LogP contribution in [-0.2, 0) is 4.79 Å². The zero-order chi connectivity index (χ0) is 11.0. The molecule has 2 nitrogen and oxygen atoms in total. The molecular weight excluding hydrogens is 275 g/mol. The number of unbranched alkanes of at least 4 members (excludes halogenated alkanes) is 4. The molecule has 0 aromatic carbocycles. The minimum Gasteiger partial charge on any atom is -1.00 e. The first kappa shape index (κ1) is 17.8. The minimum atomic E-state index is -0.661. The first-order valence-electron chi connectivity index (χ1n) is 5.44. The van der Waals surface area contributed by atoms with Gasteiger partial charge >= 0.3 is 5.97 Å². The lowest BCUT2D eigenvalue weighted by molar-refractivity contribution is -0.137. The lowest BCUT2D eigenvalue weighted by Gasteiger charge is -2.10. The molecule has 0 rings (SSSR count). The van der Waals surface area contributed by atoms with E-state index in [0.29, 0.717) is 6.42 Å². The lowest BCUT2D eigenvalue weighted by atomic mass is 10.1. The molecule has 0 aliphatic heterocycles. The van der Waals surface area contributed by atoms with Crippen LogP contribution in [0, 0.1) is 0 Å². The van der Waals surface area contributed by atoms with E-state index in [2.05, 4.69) is 20.0 Å². The van der Waals surface area contributed by atoms with E-state index in [1.807, 2.05) is 0 Å². The summed E-state index contributed by atoms with van der Waals surface area (Å²) in [5, 5.41) is 8.43. The highest BCUT2D eigenvalue weighted by molar-refractivity contribution is 7.73. The normalized spacial score (nSPS) is 10.9. The molecule has 0 aliphatic carbocycles. The number of hydrogen-bond donors (Lipinski definition) is 1. The van der Waals surface area contributed by atoms with Crippen LogP contribution >= 0.6 is 7.26 Å². The van der Waals surface area contributed by atoms with Crippen LogP contribution in [0.15, 0.2) is 0 Å². The molecule has 0 amide bonds. The van der Waals surface area contributed by atoms with Crippen molar-refractivity contribution in [2.75, 3.05) is 26.2 Å². The van der Waals surface area contributed by atoms with Gasteiger partial charge in [-0.2, -0.15) is 0 Å². The summed E-state index contributed by atoms with van der Waals surface area (Å²) >= 11 is 0. The van der Waals surface area contributed by atoms with Gasteiger partial charge in [0.2, 0.25) is 0 Å². The van der Waals surface area contributed by atoms with Gasteiger partial charge in [0.25, 0.3) is 0 Å². The van der Waals surface area contributed by atoms with Crippen molar-refractivity contribution >= 4 is 13.2 Å². The molecule has 0 unspecified atom stereocenters. The summed E-state index contributed by atoms with van der Waals surface area (Å²) in [5.74, 6) is -0.661. The molecule has 0 saturated carbocycles.